The van der Waals surface area contributed by atoms with Crippen molar-refractivity contribution in [3.05, 3.63) is 87.7 Å². The van der Waals surface area contributed by atoms with Crippen molar-refractivity contribution >= 4 is 51.5 Å². The van der Waals surface area contributed by atoms with Gasteiger partial charge >= 0.3 is 5.97 Å². The first-order valence-electron chi connectivity index (χ1n) is 14.3. The Morgan fingerprint density at radius 3 is 2.62 bits per heavy atom. The number of aromatic nitrogens is 2. The molecule has 0 saturated carbocycles. The minimum Gasteiger partial charge on any atom is -0.478 e. The molecule has 9 heteroatoms. The average Bonchev–Trinajstić information content (AvgIpc) is 3.44. The number of hydrogen-bond donors (Lipinski definition) is 2. The number of nitrogens with zero attached hydrogens (tertiary/aromatic N) is 3. The van der Waals surface area contributed by atoms with Crippen LogP contribution in [0.3, 0.4) is 0 Å². The molecule has 3 heterocycles. The number of hydrogen-bond acceptors (Lipinski definition) is 5. The van der Waals surface area contributed by atoms with E-state index >= 15 is 0 Å². The fourth-order valence-corrected chi connectivity index (χ4v) is 6.30. The number of allylic oxidation sites excluding steroid dienone is 1. The standard InChI is InChI=1S/C33H34Cl2N4O3/c1-33(2)9-7-23(27(18-33)21-3-6-28(34)29(35)16-21)20-38-11-13-39(14-12-38)24-4-5-26(32(40)41)30(17-24)42-25-15-22-8-10-36-31(22)37-19-25/h3-6,8,10,15-17,19H,7,9,11-14,18,20H2,1-2H3,(H,36,37)(H,40,41). The zero-order valence-electron chi connectivity index (χ0n) is 23.8. The Bertz CT molecular complexity index is 1670. The molecule has 0 unspecified atom stereocenters. The number of aromatic amines is 1. The molecule has 4 aromatic rings. The summed E-state index contributed by atoms with van der Waals surface area (Å²) in [7, 11) is 0. The zero-order valence-corrected chi connectivity index (χ0v) is 25.3. The third kappa shape index (κ3) is 6.14. The summed E-state index contributed by atoms with van der Waals surface area (Å²) in [5.74, 6) is -0.229. The van der Waals surface area contributed by atoms with Crippen LogP contribution in [0.15, 0.2) is 66.5 Å². The minimum atomic E-state index is -1.03. The molecule has 6 rings (SSSR count). The van der Waals surface area contributed by atoms with Crippen molar-refractivity contribution in [1.29, 1.82) is 0 Å². The number of carboxylic acids is 1. The Hall–Kier alpha value is -3.52. The summed E-state index contributed by atoms with van der Waals surface area (Å²) < 4.78 is 6.07. The van der Waals surface area contributed by atoms with Crippen molar-refractivity contribution < 1.29 is 14.6 Å². The van der Waals surface area contributed by atoms with E-state index in [2.05, 4.69) is 39.7 Å². The largest absolute Gasteiger partial charge is 0.478 e. The third-order valence-corrected chi connectivity index (χ3v) is 9.14. The highest BCUT2D eigenvalue weighted by molar-refractivity contribution is 6.42. The second kappa shape index (κ2) is 11.6. The fourth-order valence-electron chi connectivity index (χ4n) is 6.00. The lowest BCUT2D eigenvalue weighted by Crippen LogP contribution is -2.47. The number of carboxylic acid groups (broad SMARTS) is 1. The number of halogens is 2. The van der Waals surface area contributed by atoms with E-state index in [4.69, 9.17) is 27.9 Å². The molecule has 0 bridgehead atoms. The van der Waals surface area contributed by atoms with Gasteiger partial charge in [0.25, 0.3) is 0 Å². The van der Waals surface area contributed by atoms with E-state index in [9.17, 15) is 9.90 Å². The van der Waals surface area contributed by atoms with E-state index in [0.29, 0.717) is 21.5 Å². The predicted molar refractivity (Wildman–Crippen MR) is 169 cm³/mol. The topological polar surface area (TPSA) is 81.7 Å². The van der Waals surface area contributed by atoms with Gasteiger partial charge in [0.2, 0.25) is 0 Å². The molecular weight excluding hydrogens is 571 g/mol. The first kappa shape index (κ1) is 28.6. The maximum Gasteiger partial charge on any atom is 0.339 e. The summed E-state index contributed by atoms with van der Waals surface area (Å²) in [6.07, 6.45) is 6.67. The van der Waals surface area contributed by atoms with E-state index in [1.165, 1.54) is 23.1 Å². The van der Waals surface area contributed by atoms with Crippen LogP contribution in [0, 0.1) is 5.41 Å². The SMILES string of the molecule is CC1(C)CCC(CN2CCN(c3ccc(C(=O)O)c(Oc4cnc5[nH]ccc5c4)c3)CC2)=C(c2ccc(Cl)c(Cl)c2)C1. The molecule has 1 fully saturated rings. The molecule has 42 heavy (non-hydrogen) atoms. The first-order chi connectivity index (χ1) is 20.1. The molecule has 2 N–H and O–H groups in total. The number of aromatic carboxylic acids is 1. The van der Waals surface area contributed by atoms with Gasteiger partial charge in [-0.05, 0) is 72.2 Å². The lowest BCUT2D eigenvalue weighted by Gasteiger charge is -2.39. The number of ether oxygens (including phenoxy) is 1. The van der Waals surface area contributed by atoms with Crippen LogP contribution in [-0.4, -0.2) is 58.7 Å². The smallest absolute Gasteiger partial charge is 0.339 e. The Morgan fingerprint density at radius 1 is 1.05 bits per heavy atom. The van der Waals surface area contributed by atoms with Gasteiger partial charge in [-0.2, -0.15) is 0 Å². The van der Waals surface area contributed by atoms with Gasteiger partial charge in [0, 0.05) is 56.1 Å². The maximum atomic E-state index is 12.0. The van der Waals surface area contributed by atoms with Crippen LogP contribution in [0.2, 0.25) is 10.0 Å². The molecule has 7 nitrogen and oxygen atoms in total. The summed E-state index contributed by atoms with van der Waals surface area (Å²) in [5.41, 5.74) is 6.11. The van der Waals surface area contributed by atoms with Crippen LogP contribution in [0.1, 0.15) is 49.0 Å². The third-order valence-electron chi connectivity index (χ3n) is 8.40. The van der Waals surface area contributed by atoms with Crippen molar-refractivity contribution in [3.63, 3.8) is 0 Å². The van der Waals surface area contributed by atoms with Gasteiger partial charge < -0.3 is 19.7 Å². The number of anilines is 1. The van der Waals surface area contributed by atoms with Gasteiger partial charge in [-0.15, -0.1) is 0 Å². The molecule has 1 saturated heterocycles. The number of nitrogens with one attached hydrogen (secondary N) is 1. The summed E-state index contributed by atoms with van der Waals surface area (Å²) in [6.45, 7) is 9.10. The number of pyridine rings is 1. The number of fused-ring (bicyclic) bond motifs is 1. The summed E-state index contributed by atoms with van der Waals surface area (Å²) >= 11 is 12.6. The Kier molecular flexibility index (Phi) is 7.92. The molecule has 0 atom stereocenters. The van der Waals surface area contributed by atoms with Crippen LogP contribution in [-0.2, 0) is 0 Å². The summed E-state index contributed by atoms with van der Waals surface area (Å²) in [4.78, 5) is 24.2. The molecule has 0 spiro atoms. The molecule has 1 aliphatic carbocycles. The molecule has 0 radical (unpaired) electrons. The highest BCUT2D eigenvalue weighted by Crippen LogP contribution is 2.44. The normalized spacial score (nSPS) is 17.6. The number of rotatable bonds is 7. The molecule has 2 aromatic carbocycles. The van der Waals surface area contributed by atoms with Gasteiger partial charge in [0.15, 0.2) is 0 Å². The lowest BCUT2D eigenvalue weighted by molar-refractivity contribution is 0.0694. The van der Waals surface area contributed by atoms with Crippen LogP contribution in [0.25, 0.3) is 16.6 Å². The Balaban J connectivity index is 1.17. The van der Waals surface area contributed by atoms with Crippen molar-refractivity contribution in [1.82, 2.24) is 14.9 Å². The van der Waals surface area contributed by atoms with Crippen molar-refractivity contribution in [2.45, 2.75) is 33.1 Å². The fraction of sp³-hybridized carbons (Fsp3) is 0.333. The first-order valence-corrected chi connectivity index (χ1v) is 15.0. The highest BCUT2D eigenvalue weighted by atomic mass is 35.5. The molecular formula is C33H34Cl2N4O3. The van der Waals surface area contributed by atoms with Gasteiger partial charge in [0.1, 0.15) is 22.7 Å². The van der Waals surface area contributed by atoms with Crippen molar-refractivity contribution in [2.24, 2.45) is 5.41 Å². The number of carbonyl (C=O) groups is 1. The van der Waals surface area contributed by atoms with Gasteiger partial charge in [-0.25, -0.2) is 9.78 Å². The molecule has 1 aliphatic heterocycles. The number of piperazine rings is 1. The van der Waals surface area contributed by atoms with Crippen LogP contribution in [0.5, 0.6) is 11.5 Å². The summed E-state index contributed by atoms with van der Waals surface area (Å²) in [5, 5.41) is 11.9. The van der Waals surface area contributed by atoms with E-state index in [1.807, 2.05) is 42.6 Å². The highest BCUT2D eigenvalue weighted by Gasteiger charge is 2.29. The lowest BCUT2D eigenvalue weighted by atomic mass is 9.72. The second-order valence-corrected chi connectivity index (χ2v) is 12.8. The van der Waals surface area contributed by atoms with Crippen LogP contribution >= 0.6 is 23.2 Å². The van der Waals surface area contributed by atoms with Gasteiger partial charge in [-0.3, -0.25) is 4.90 Å². The average molecular weight is 606 g/mol. The number of H-pyrrole nitrogens is 1. The van der Waals surface area contributed by atoms with Crippen LogP contribution in [0.4, 0.5) is 5.69 Å². The summed E-state index contributed by atoms with van der Waals surface area (Å²) in [6, 6.07) is 15.1. The quantitative estimate of drug-likeness (QED) is 0.221. The monoisotopic (exact) mass is 604 g/mol. The Labute approximate surface area is 255 Å². The second-order valence-electron chi connectivity index (χ2n) is 12.0. The molecule has 0 amide bonds. The zero-order chi connectivity index (χ0) is 29.4. The van der Waals surface area contributed by atoms with Gasteiger partial charge in [-0.1, -0.05) is 48.7 Å². The Morgan fingerprint density at radius 2 is 1.86 bits per heavy atom. The van der Waals surface area contributed by atoms with Crippen molar-refractivity contribution in [3.8, 4) is 11.5 Å². The van der Waals surface area contributed by atoms with Crippen molar-refractivity contribution in [2.75, 3.05) is 37.6 Å². The van der Waals surface area contributed by atoms with E-state index < -0.39 is 5.97 Å². The van der Waals surface area contributed by atoms with Crippen LogP contribution < -0.4 is 9.64 Å². The molecule has 2 aliphatic rings. The number of benzene rings is 2. The van der Waals surface area contributed by atoms with Gasteiger partial charge in [0.05, 0.1) is 16.2 Å². The maximum absolute atomic E-state index is 12.0. The van der Waals surface area contributed by atoms with E-state index in [0.717, 1.165) is 62.3 Å². The van der Waals surface area contributed by atoms with E-state index in [-0.39, 0.29) is 11.0 Å². The predicted octanol–water partition coefficient (Wildman–Crippen LogP) is 8.15. The van der Waals surface area contributed by atoms with E-state index in [1.54, 1.807) is 12.3 Å². The minimum absolute atomic E-state index is 0.119. The molecule has 2 aromatic heterocycles. The molecule has 218 valence electrons.